The van der Waals surface area contributed by atoms with E-state index in [-0.39, 0.29) is 18.9 Å². The van der Waals surface area contributed by atoms with Gasteiger partial charge in [0.2, 0.25) is 5.95 Å². The fourth-order valence-corrected chi connectivity index (χ4v) is 2.33. The summed E-state index contributed by atoms with van der Waals surface area (Å²) in [5.74, 6) is -0.907. The number of para-hydroxylation sites is 2. The lowest BCUT2D eigenvalue weighted by Gasteiger charge is -2.07. The molecule has 0 atom stereocenters. The van der Waals surface area contributed by atoms with Gasteiger partial charge in [-0.25, -0.2) is 4.98 Å². The monoisotopic (exact) mass is 313 g/mol. The van der Waals surface area contributed by atoms with E-state index in [0.717, 1.165) is 11.0 Å². The van der Waals surface area contributed by atoms with Gasteiger partial charge in [0.1, 0.15) is 5.69 Å². The minimum absolute atomic E-state index is 0.103. The molecule has 2 heterocycles. The first-order valence-corrected chi connectivity index (χ1v) is 7.02. The molecule has 0 saturated carbocycles. The number of carbonyl (C=O) groups excluding carboxylic acids is 1. The van der Waals surface area contributed by atoms with E-state index >= 15 is 0 Å². The minimum atomic E-state index is -0.942. The summed E-state index contributed by atoms with van der Waals surface area (Å²) in [6.45, 7) is 0.133. The van der Waals surface area contributed by atoms with Crippen LogP contribution in [-0.4, -0.2) is 36.3 Å². The zero-order chi connectivity index (χ0) is 16.4. The van der Waals surface area contributed by atoms with E-state index in [1.807, 2.05) is 31.3 Å². The van der Waals surface area contributed by atoms with Gasteiger partial charge in [0.25, 0.3) is 5.91 Å². The highest BCUT2D eigenvalue weighted by Gasteiger charge is 2.16. The zero-order valence-corrected chi connectivity index (χ0v) is 12.4. The van der Waals surface area contributed by atoms with Gasteiger partial charge in [0.05, 0.1) is 24.0 Å². The van der Waals surface area contributed by atoms with Gasteiger partial charge in [-0.2, -0.15) is 5.10 Å². The third-order valence-electron chi connectivity index (χ3n) is 3.50. The van der Waals surface area contributed by atoms with E-state index in [2.05, 4.69) is 15.4 Å². The Morgan fingerprint density at radius 2 is 2.04 bits per heavy atom. The molecule has 0 fully saturated rings. The second kappa shape index (κ2) is 5.91. The normalized spacial score (nSPS) is 10.8. The van der Waals surface area contributed by atoms with Crippen LogP contribution in [0.15, 0.2) is 36.5 Å². The number of carboxylic acids is 1. The molecule has 2 aromatic heterocycles. The number of hydrogen-bond acceptors (Lipinski definition) is 4. The van der Waals surface area contributed by atoms with E-state index in [1.54, 1.807) is 10.6 Å². The number of nitrogens with zero attached hydrogens (tertiary/aromatic N) is 4. The van der Waals surface area contributed by atoms with Crippen LogP contribution in [0.4, 0.5) is 5.95 Å². The molecule has 118 valence electrons. The Bertz CT molecular complexity index is 880. The van der Waals surface area contributed by atoms with E-state index < -0.39 is 5.97 Å². The molecular weight excluding hydrogens is 298 g/mol. The van der Waals surface area contributed by atoms with Crippen LogP contribution >= 0.6 is 0 Å². The van der Waals surface area contributed by atoms with Gasteiger partial charge >= 0.3 is 5.97 Å². The Hall–Kier alpha value is -3.16. The summed E-state index contributed by atoms with van der Waals surface area (Å²) >= 11 is 0. The second-order valence-electron chi connectivity index (χ2n) is 5.02. The number of fused-ring (bicyclic) bond motifs is 1. The number of aliphatic carboxylic acids is 1. The maximum atomic E-state index is 12.4. The molecule has 8 heteroatoms. The first-order valence-electron chi connectivity index (χ1n) is 7.02. The molecule has 3 rings (SSSR count). The molecule has 0 aliphatic carbocycles. The Morgan fingerprint density at radius 3 is 2.78 bits per heavy atom. The number of benzene rings is 1. The summed E-state index contributed by atoms with van der Waals surface area (Å²) in [4.78, 5) is 27.4. The SMILES string of the molecule is Cn1c(NC(=O)c2ccnn2CCC(=O)O)nc2ccccc21. The predicted octanol–water partition coefficient (Wildman–Crippen LogP) is 1.50. The van der Waals surface area contributed by atoms with E-state index in [0.29, 0.717) is 11.6 Å². The Kier molecular flexibility index (Phi) is 3.80. The van der Waals surface area contributed by atoms with Gasteiger partial charge < -0.3 is 9.67 Å². The van der Waals surface area contributed by atoms with Crippen molar-refractivity contribution in [1.82, 2.24) is 19.3 Å². The quantitative estimate of drug-likeness (QED) is 0.743. The van der Waals surface area contributed by atoms with Gasteiger partial charge in [0, 0.05) is 13.2 Å². The predicted molar refractivity (Wildman–Crippen MR) is 83.1 cm³/mol. The highest BCUT2D eigenvalue weighted by atomic mass is 16.4. The first-order chi connectivity index (χ1) is 11.1. The fourth-order valence-electron chi connectivity index (χ4n) is 2.33. The van der Waals surface area contributed by atoms with Gasteiger partial charge in [-0.15, -0.1) is 0 Å². The highest BCUT2D eigenvalue weighted by Crippen LogP contribution is 2.18. The summed E-state index contributed by atoms with van der Waals surface area (Å²) in [7, 11) is 1.81. The van der Waals surface area contributed by atoms with Crippen molar-refractivity contribution in [2.45, 2.75) is 13.0 Å². The summed E-state index contributed by atoms with van der Waals surface area (Å²) in [6.07, 6.45) is 1.36. The number of imidazole rings is 1. The molecule has 1 aromatic carbocycles. The molecule has 0 spiro atoms. The van der Waals surface area contributed by atoms with Crippen molar-refractivity contribution >= 4 is 28.9 Å². The third kappa shape index (κ3) is 2.91. The van der Waals surface area contributed by atoms with Crippen molar-refractivity contribution < 1.29 is 14.7 Å². The number of nitrogens with one attached hydrogen (secondary N) is 1. The number of aromatic nitrogens is 4. The first kappa shape index (κ1) is 14.8. The van der Waals surface area contributed by atoms with Crippen LogP contribution in [-0.2, 0) is 18.4 Å². The third-order valence-corrected chi connectivity index (χ3v) is 3.50. The number of carboxylic acid groups (broad SMARTS) is 1. The highest BCUT2D eigenvalue weighted by molar-refractivity contribution is 6.02. The minimum Gasteiger partial charge on any atom is -0.481 e. The maximum Gasteiger partial charge on any atom is 0.305 e. The molecule has 3 aromatic rings. The number of hydrogen-bond donors (Lipinski definition) is 2. The van der Waals surface area contributed by atoms with E-state index in [9.17, 15) is 9.59 Å². The number of anilines is 1. The summed E-state index contributed by atoms with van der Waals surface area (Å²) in [5.41, 5.74) is 1.98. The van der Waals surface area contributed by atoms with Crippen LogP contribution < -0.4 is 5.32 Å². The average Bonchev–Trinajstić information content (AvgIpc) is 3.11. The zero-order valence-electron chi connectivity index (χ0n) is 12.4. The molecular formula is C15H15N5O3. The summed E-state index contributed by atoms with van der Waals surface area (Å²) in [6, 6.07) is 9.09. The molecule has 23 heavy (non-hydrogen) atoms. The Labute approximate surface area is 131 Å². The van der Waals surface area contributed by atoms with E-state index in [4.69, 9.17) is 5.11 Å². The molecule has 0 aliphatic rings. The summed E-state index contributed by atoms with van der Waals surface area (Å²) in [5, 5.41) is 15.5. The fraction of sp³-hybridized carbons (Fsp3) is 0.200. The van der Waals surface area contributed by atoms with Crippen molar-refractivity contribution in [1.29, 1.82) is 0 Å². The van der Waals surface area contributed by atoms with Crippen molar-refractivity contribution in [2.75, 3.05) is 5.32 Å². The van der Waals surface area contributed by atoms with E-state index in [1.165, 1.54) is 10.9 Å². The van der Waals surface area contributed by atoms with Crippen LogP contribution in [0.5, 0.6) is 0 Å². The lowest BCUT2D eigenvalue weighted by atomic mass is 10.3. The molecule has 1 amide bonds. The van der Waals surface area contributed by atoms with Gasteiger partial charge in [-0.05, 0) is 18.2 Å². The lowest BCUT2D eigenvalue weighted by molar-refractivity contribution is -0.137. The number of rotatable bonds is 5. The topological polar surface area (TPSA) is 102 Å². The van der Waals surface area contributed by atoms with Crippen molar-refractivity contribution in [2.24, 2.45) is 7.05 Å². The molecule has 0 unspecified atom stereocenters. The van der Waals surface area contributed by atoms with Crippen molar-refractivity contribution in [3.05, 3.63) is 42.2 Å². The molecule has 0 radical (unpaired) electrons. The molecule has 0 bridgehead atoms. The van der Waals surface area contributed by atoms with Gasteiger partial charge in [-0.1, -0.05) is 12.1 Å². The average molecular weight is 313 g/mol. The lowest BCUT2D eigenvalue weighted by Crippen LogP contribution is -2.20. The number of aryl methyl sites for hydroxylation is 2. The van der Waals surface area contributed by atoms with Crippen LogP contribution in [0.2, 0.25) is 0 Å². The van der Waals surface area contributed by atoms with Crippen molar-refractivity contribution in [3.63, 3.8) is 0 Å². The largest absolute Gasteiger partial charge is 0.481 e. The number of carbonyl (C=O) groups is 2. The van der Waals surface area contributed by atoms with Crippen LogP contribution in [0.1, 0.15) is 16.9 Å². The number of amides is 1. The Morgan fingerprint density at radius 1 is 1.26 bits per heavy atom. The Balaban J connectivity index is 1.82. The summed E-state index contributed by atoms with van der Waals surface area (Å²) < 4.78 is 3.15. The molecule has 0 saturated heterocycles. The molecule has 0 aliphatic heterocycles. The molecule has 2 N–H and O–H groups in total. The maximum absolute atomic E-state index is 12.4. The molecule has 8 nitrogen and oxygen atoms in total. The van der Waals surface area contributed by atoms with Crippen LogP contribution in [0, 0.1) is 0 Å². The smallest absolute Gasteiger partial charge is 0.305 e. The van der Waals surface area contributed by atoms with Gasteiger partial charge in [-0.3, -0.25) is 19.6 Å². The van der Waals surface area contributed by atoms with Crippen LogP contribution in [0.3, 0.4) is 0 Å². The van der Waals surface area contributed by atoms with Gasteiger partial charge in [0.15, 0.2) is 0 Å². The second-order valence-corrected chi connectivity index (χ2v) is 5.02. The standard InChI is InChI=1S/C15H15N5O3/c1-19-11-5-3-2-4-10(11)17-15(19)18-14(23)12-6-8-16-20(12)9-7-13(21)22/h2-6,8H,7,9H2,1H3,(H,21,22)(H,17,18,23). The van der Waals surface area contributed by atoms with Crippen molar-refractivity contribution in [3.8, 4) is 0 Å². The van der Waals surface area contributed by atoms with Crippen LogP contribution in [0.25, 0.3) is 11.0 Å².